The molecular formula is C31H20Cl2N2O3. The summed E-state index contributed by atoms with van der Waals surface area (Å²) in [6, 6.07) is 32.2. The molecule has 5 aromatic rings. The summed E-state index contributed by atoms with van der Waals surface area (Å²) in [5.41, 5.74) is 2.10. The zero-order chi connectivity index (χ0) is 26.0. The molecule has 0 bridgehead atoms. The Kier molecular flexibility index (Phi) is 5.41. The SMILES string of the molecule is O=C1[C@@H]2[C@H](ON(c3ccccc3)[C@H]2c2c3ccccc3cc3ccccc23)C(=O)N1c1ccc(Cl)c(Cl)c1. The molecule has 2 amide bonds. The molecule has 5 aromatic carbocycles. The average Bonchev–Trinajstić information content (AvgIpc) is 3.44. The van der Waals surface area contributed by atoms with Gasteiger partial charge in [-0.3, -0.25) is 14.4 Å². The normalized spacial score (nSPS) is 21.1. The van der Waals surface area contributed by atoms with Crippen molar-refractivity contribution in [2.45, 2.75) is 12.1 Å². The highest BCUT2D eigenvalue weighted by atomic mass is 35.5. The summed E-state index contributed by atoms with van der Waals surface area (Å²) in [5, 5.41) is 6.48. The fourth-order valence-electron chi connectivity index (χ4n) is 5.75. The molecule has 2 saturated heterocycles. The van der Waals surface area contributed by atoms with Crippen molar-refractivity contribution in [3.05, 3.63) is 119 Å². The van der Waals surface area contributed by atoms with Crippen molar-refractivity contribution in [1.29, 1.82) is 0 Å². The summed E-state index contributed by atoms with van der Waals surface area (Å²) >= 11 is 12.4. The Morgan fingerprint density at radius 3 is 1.92 bits per heavy atom. The Morgan fingerprint density at radius 2 is 1.26 bits per heavy atom. The number of imide groups is 1. The van der Waals surface area contributed by atoms with E-state index in [4.69, 9.17) is 28.0 Å². The third-order valence-corrected chi connectivity index (χ3v) is 8.14. The van der Waals surface area contributed by atoms with Crippen molar-refractivity contribution in [2.75, 3.05) is 9.96 Å². The van der Waals surface area contributed by atoms with Gasteiger partial charge in [-0.25, -0.2) is 9.96 Å². The number of para-hydroxylation sites is 1. The first-order valence-corrected chi connectivity index (χ1v) is 13.0. The van der Waals surface area contributed by atoms with Crippen LogP contribution < -0.4 is 9.96 Å². The number of benzene rings is 5. The molecule has 2 aliphatic heterocycles. The summed E-state index contributed by atoms with van der Waals surface area (Å²) in [6.07, 6.45) is -0.986. The summed E-state index contributed by atoms with van der Waals surface area (Å²) in [4.78, 5) is 35.5. The highest BCUT2D eigenvalue weighted by Gasteiger charge is 2.60. The quantitative estimate of drug-likeness (QED) is 0.178. The Labute approximate surface area is 228 Å². The van der Waals surface area contributed by atoms with Crippen molar-refractivity contribution < 1.29 is 14.4 Å². The number of hydrogen-bond donors (Lipinski definition) is 0. The second-order valence-electron chi connectivity index (χ2n) is 9.50. The van der Waals surface area contributed by atoms with Gasteiger partial charge >= 0.3 is 0 Å². The summed E-state index contributed by atoms with van der Waals surface area (Å²) in [6.45, 7) is 0. The van der Waals surface area contributed by atoms with Gasteiger partial charge in [0, 0.05) is 0 Å². The largest absolute Gasteiger partial charge is 0.273 e. The zero-order valence-corrected chi connectivity index (χ0v) is 21.4. The number of hydroxylamine groups is 1. The smallest absolute Gasteiger partial charge is 0.266 e. The van der Waals surface area contributed by atoms with E-state index >= 15 is 0 Å². The van der Waals surface area contributed by atoms with Crippen molar-refractivity contribution in [1.82, 2.24) is 0 Å². The molecule has 3 atom stereocenters. The van der Waals surface area contributed by atoms with E-state index in [0.29, 0.717) is 10.7 Å². The summed E-state index contributed by atoms with van der Waals surface area (Å²) < 4.78 is 0. The van der Waals surface area contributed by atoms with Crippen LogP contribution in [0, 0.1) is 5.92 Å². The second-order valence-corrected chi connectivity index (χ2v) is 10.3. The van der Waals surface area contributed by atoms with Crippen molar-refractivity contribution in [3.63, 3.8) is 0 Å². The third kappa shape index (κ3) is 3.43. The number of rotatable bonds is 3. The van der Waals surface area contributed by atoms with Gasteiger partial charge < -0.3 is 0 Å². The molecular weight excluding hydrogens is 519 g/mol. The van der Waals surface area contributed by atoms with Crippen LogP contribution in [-0.2, 0) is 14.4 Å². The standard InChI is InChI=1S/C31H20Cl2N2O3/c32-24-15-14-21(17-25(24)33)34-30(36)27-28(35(38-29(27)31(34)37)20-10-2-1-3-11-20)26-22-12-6-4-8-18(22)16-19-9-5-7-13-23(19)26/h1-17,27-29H/t27-,28-,29-/m0/s1. The van der Waals surface area contributed by atoms with E-state index in [1.54, 1.807) is 17.2 Å². The van der Waals surface area contributed by atoms with Gasteiger partial charge in [-0.2, -0.15) is 0 Å². The van der Waals surface area contributed by atoms with Crippen LogP contribution in [0.3, 0.4) is 0 Å². The molecule has 0 radical (unpaired) electrons. The van der Waals surface area contributed by atoms with E-state index < -0.39 is 24.0 Å². The maximum absolute atomic E-state index is 14.1. The minimum absolute atomic E-state index is 0.269. The van der Waals surface area contributed by atoms with E-state index in [9.17, 15) is 9.59 Å². The molecule has 2 aliphatic rings. The van der Waals surface area contributed by atoms with Gasteiger partial charge in [-0.05, 0) is 63.5 Å². The van der Waals surface area contributed by atoms with E-state index in [-0.39, 0.29) is 10.9 Å². The first-order valence-electron chi connectivity index (χ1n) is 12.3. The molecule has 0 aliphatic carbocycles. The van der Waals surface area contributed by atoms with E-state index in [1.165, 1.54) is 11.0 Å². The van der Waals surface area contributed by atoms with Crippen LogP contribution in [0.15, 0.2) is 103 Å². The Balaban J connectivity index is 1.46. The minimum Gasteiger partial charge on any atom is -0.273 e. The lowest BCUT2D eigenvalue weighted by Gasteiger charge is -2.30. The van der Waals surface area contributed by atoms with Gasteiger partial charge in [0.05, 0.1) is 27.5 Å². The number of halogens is 2. The summed E-state index contributed by atoms with van der Waals surface area (Å²) in [5.74, 6) is -1.53. The monoisotopic (exact) mass is 538 g/mol. The number of carbonyl (C=O) groups is 2. The molecule has 0 N–H and O–H groups in total. The Bertz CT molecular complexity index is 1700. The highest BCUT2D eigenvalue weighted by Crippen LogP contribution is 2.51. The maximum atomic E-state index is 14.1. The molecule has 2 fully saturated rings. The van der Waals surface area contributed by atoms with E-state index in [2.05, 4.69) is 30.3 Å². The average molecular weight is 539 g/mol. The molecule has 5 nitrogen and oxygen atoms in total. The molecule has 186 valence electrons. The number of anilines is 2. The number of carbonyl (C=O) groups excluding carboxylic acids is 2. The highest BCUT2D eigenvalue weighted by molar-refractivity contribution is 6.42. The first kappa shape index (κ1) is 23.2. The van der Waals surface area contributed by atoms with Crippen LogP contribution in [-0.4, -0.2) is 17.9 Å². The van der Waals surface area contributed by atoms with E-state index in [1.807, 2.05) is 54.6 Å². The van der Waals surface area contributed by atoms with Crippen LogP contribution >= 0.6 is 23.2 Å². The van der Waals surface area contributed by atoms with Gasteiger partial charge in [-0.15, -0.1) is 0 Å². The second kappa shape index (κ2) is 8.84. The number of fused-ring (bicyclic) bond motifs is 3. The van der Waals surface area contributed by atoms with Crippen LogP contribution in [0.25, 0.3) is 21.5 Å². The lowest BCUT2D eigenvalue weighted by atomic mass is 9.84. The number of amides is 2. The van der Waals surface area contributed by atoms with Crippen molar-refractivity contribution in [3.8, 4) is 0 Å². The predicted molar refractivity (Wildman–Crippen MR) is 150 cm³/mol. The van der Waals surface area contributed by atoms with Gasteiger partial charge in [0.1, 0.15) is 5.92 Å². The summed E-state index contributed by atoms with van der Waals surface area (Å²) in [7, 11) is 0. The minimum atomic E-state index is -0.986. The van der Waals surface area contributed by atoms with Crippen LogP contribution in [0.1, 0.15) is 11.6 Å². The number of nitrogens with zero attached hydrogens (tertiary/aromatic N) is 2. The third-order valence-electron chi connectivity index (χ3n) is 7.40. The Morgan fingerprint density at radius 1 is 0.632 bits per heavy atom. The van der Waals surface area contributed by atoms with Crippen molar-refractivity contribution >= 4 is 67.9 Å². The maximum Gasteiger partial charge on any atom is 0.266 e. The van der Waals surface area contributed by atoms with Crippen LogP contribution in [0.4, 0.5) is 11.4 Å². The topological polar surface area (TPSA) is 49.9 Å². The molecule has 7 heteroatoms. The fourth-order valence-corrected chi connectivity index (χ4v) is 6.04. The number of hydrogen-bond acceptors (Lipinski definition) is 4. The molecule has 2 heterocycles. The molecule has 0 spiro atoms. The van der Waals surface area contributed by atoms with Gasteiger partial charge in [0.15, 0.2) is 6.10 Å². The predicted octanol–water partition coefficient (Wildman–Crippen LogP) is 7.35. The fraction of sp³-hybridized carbons (Fsp3) is 0.0968. The first-order chi connectivity index (χ1) is 18.5. The molecule has 0 aromatic heterocycles. The van der Waals surface area contributed by atoms with Crippen LogP contribution in [0.2, 0.25) is 10.0 Å². The zero-order valence-electron chi connectivity index (χ0n) is 19.9. The molecule has 0 saturated carbocycles. The van der Waals surface area contributed by atoms with Gasteiger partial charge in [0.2, 0.25) is 5.91 Å². The molecule has 38 heavy (non-hydrogen) atoms. The lowest BCUT2D eigenvalue weighted by Crippen LogP contribution is -2.37. The van der Waals surface area contributed by atoms with Crippen LogP contribution in [0.5, 0.6) is 0 Å². The molecule has 7 rings (SSSR count). The van der Waals surface area contributed by atoms with Crippen molar-refractivity contribution in [2.24, 2.45) is 5.92 Å². The van der Waals surface area contributed by atoms with E-state index in [0.717, 1.165) is 32.8 Å². The Hall–Kier alpha value is -3.90. The lowest BCUT2D eigenvalue weighted by molar-refractivity contribution is -0.126. The van der Waals surface area contributed by atoms with Gasteiger partial charge in [0.25, 0.3) is 5.91 Å². The molecule has 0 unspecified atom stereocenters. The van der Waals surface area contributed by atoms with Gasteiger partial charge in [-0.1, -0.05) is 89.9 Å².